The van der Waals surface area contributed by atoms with Crippen LogP contribution in [0.1, 0.15) is 15.9 Å². The van der Waals surface area contributed by atoms with Gasteiger partial charge in [-0.3, -0.25) is 4.79 Å². The highest BCUT2D eigenvalue weighted by atomic mass is 79.9. The third-order valence-electron chi connectivity index (χ3n) is 2.42. The van der Waals surface area contributed by atoms with Crippen LogP contribution in [-0.2, 0) is 0 Å². The van der Waals surface area contributed by atoms with Crippen LogP contribution in [0.4, 0.5) is 5.69 Å². The van der Waals surface area contributed by atoms with Crippen molar-refractivity contribution in [3.05, 3.63) is 48.5 Å². The second kappa shape index (κ2) is 5.61. The van der Waals surface area contributed by atoms with Crippen molar-refractivity contribution < 1.29 is 4.79 Å². The van der Waals surface area contributed by atoms with Gasteiger partial charge in [0.15, 0.2) is 0 Å². The Morgan fingerprint density at radius 3 is 2.72 bits per heavy atom. The first-order valence-electron chi connectivity index (χ1n) is 5.00. The van der Waals surface area contributed by atoms with Gasteiger partial charge in [-0.15, -0.1) is 11.3 Å². The fourth-order valence-corrected chi connectivity index (χ4v) is 3.25. The lowest BCUT2D eigenvalue weighted by molar-refractivity contribution is 0.102. The zero-order valence-corrected chi connectivity index (χ0v) is 13.2. The summed E-state index contributed by atoms with van der Waals surface area (Å²) in [6.07, 6.45) is 0. The molecule has 2 rings (SSSR count). The number of benzene rings is 1. The van der Waals surface area contributed by atoms with Crippen LogP contribution in [0.3, 0.4) is 0 Å². The topological polar surface area (TPSA) is 29.1 Å². The number of carbonyl (C=O) groups is 1. The molecule has 1 amide bonds. The Hall–Kier alpha value is -0.550. The number of nitrogens with one attached hydrogen (secondary N) is 1. The number of rotatable bonds is 2. The maximum atomic E-state index is 12.0. The summed E-state index contributed by atoms with van der Waals surface area (Å²) >= 11 is 16.3. The Morgan fingerprint density at radius 1 is 1.39 bits per heavy atom. The monoisotopic (exact) mass is 363 g/mol. The fourth-order valence-electron chi connectivity index (χ4n) is 1.43. The Bertz CT molecular complexity index is 612. The van der Waals surface area contributed by atoms with E-state index in [1.54, 1.807) is 6.07 Å². The average molecular weight is 365 g/mol. The molecule has 0 spiro atoms. The van der Waals surface area contributed by atoms with Gasteiger partial charge < -0.3 is 5.32 Å². The molecule has 0 saturated carbocycles. The predicted octanol–water partition coefficient (Wildman–Crippen LogP) is 5.38. The summed E-state index contributed by atoms with van der Waals surface area (Å²) in [5.41, 5.74) is 2.10. The van der Waals surface area contributed by atoms with Crippen molar-refractivity contribution in [3.63, 3.8) is 0 Å². The Balaban J connectivity index is 2.27. The van der Waals surface area contributed by atoms with Crippen LogP contribution in [0.5, 0.6) is 0 Å². The Labute approximate surface area is 127 Å². The highest BCUT2D eigenvalue weighted by Gasteiger charge is 2.15. The largest absolute Gasteiger partial charge is 0.322 e. The van der Waals surface area contributed by atoms with Gasteiger partial charge in [0.25, 0.3) is 5.91 Å². The molecule has 0 aliphatic rings. The first-order chi connectivity index (χ1) is 8.49. The summed E-state index contributed by atoms with van der Waals surface area (Å²) in [5, 5.41) is 2.82. The number of hydrogen-bond donors (Lipinski definition) is 1. The molecule has 2 nitrogen and oxygen atoms in total. The van der Waals surface area contributed by atoms with Crippen molar-refractivity contribution in [3.8, 4) is 0 Å². The number of carbonyl (C=O) groups excluding carboxylic acids is 1. The van der Waals surface area contributed by atoms with Gasteiger partial charge in [-0.05, 0) is 30.7 Å². The van der Waals surface area contributed by atoms with Crippen molar-refractivity contribution >= 4 is 62.1 Å². The van der Waals surface area contributed by atoms with E-state index in [9.17, 15) is 4.79 Å². The molecule has 6 heteroatoms. The predicted molar refractivity (Wildman–Crippen MR) is 81.2 cm³/mol. The van der Waals surface area contributed by atoms with Gasteiger partial charge in [0, 0.05) is 10.2 Å². The minimum atomic E-state index is -0.260. The summed E-state index contributed by atoms with van der Waals surface area (Å²) < 4.78 is 1.83. The van der Waals surface area contributed by atoms with E-state index in [1.807, 2.05) is 25.1 Å². The summed E-state index contributed by atoms with van der Waals surface area (Å²) in [4.78, 5) is 12.0. The molecular formula is C12H8BrCl2NOS. The van der Waals surface area contributed by atoms with Crippen molar-refractivity contribution in [1.82, 2.24) is 0 Å². The molecule has 0 saturated heterocycles. The van der Waals surface area contributed by atoms with Gasteiger partial charge in [0.05, 0.1) is 9.90 Å². The van der Waals surface area contributed by atoms with E-state index in [0.29, 0.717) is 14.2 Å². The van der Waals surface area contributed by atoms with Gasteiger partial charge in [0.1, 0.15) is 4.34 Å². The van der Waals surface area contributed by atoms with Gasteiger partial charge >= 0.3 is 0 Å². The highest BCUT2D eigenvalue weighted by Crippen LogP contribution is 2.32. The maximum Gasteiger partial charge on any atom is 0.258 e. The lowest BCUT2D eigenvalue weighted by atomic mass is 10.2. The van der Waals surface area contributed by atoms with Gasteiger partial charge in [-0.1, -0.05) is 45.2 Å². The minimum Gasteiger partial charge on any atom is -0.322 e. The minimum absolute atomic E-state index is 0.260. The van der Waals surface area contributed by atoms with E-state index in [0.717, 1.165) is 15.7 Å². The third-order valence-corrected chi connectivity index (χ3v) is 4.76. The molecule has 0 bridgehead atoms. The van der Waals surface area contributed by atoms with E-state index in [1.165, 1.54) is 11.3 Å². The molecule has 18 heavy (non-hydrogen) atoms. The molecule has 0 radical (unpaired) electrons. The summed E-state index contributed by atoms with van der Waals surface area (Å²) in [7, 11) is 0. The molecule has 0 unspecified atom stereocenters. The van der Waals surface area contributed by atoms with E-state index >= 15 is 0 Å². The summed E-state index contributed by atoms with van der Waals surface area (Å²) in [6, 6.07) is 7.17. The molecule has 2 aromatic rings. The molecule has 0 fully saturated rings. The van der Waals surface area contributed by atoms with Crippen LogP contribution >= 0.6 is 50.5 Å². The van der Waals surface area contributed by atoms with E-state index in [4.69, 9.17) is 23.2 Å². The molecule has 1 aromatic carbocycles. The molecule has 1 N–H and O–H groups in total. The van der Waals surface area contributed by atoms with E-state index in [-0.39, 0.29) is 5.91 Å². The summed E-state index contributed by atoms with van der Waals surface area (Å²) in [6.45, 7) is 1.92. The number of hydrogen-bond acceptors (Lipinski definition) is 2. The fraction of sp³-hybridized carbons (Fsp3) is 0.0833. The van der Waals surface area contributed by atoms with Crippen LogP contribution in [0.25, 0.3) is 0 Å². The van der Waals surface area contributed by atoms with Crippen LogP contribution in [0, 0.1) is 6.92 Å². The van der Waals surface area contributed by atoms with E-state index in [2.05, 4.69) is 21.2 Å². The molecular weight excluding hydrogens is 357 g/mol. The number of amides is 1. The highest BCUT2D eigenvalue weighted by molar-refractivity contribution is 9.10. The first kappa shape index (κ1) is 13.9. The average Bonchev–Trinajstić information content (AvgIpc) is 2.64. The zero-order valence-electron chi connectivity index (χ0n) is 9.26. The Morgan fingerprint density at radius 2 is 2.11 bits per heavy atom. The standard InChI is InChI=1S/C12H8BrCl2NOS/c1-6-8(13)3-2-4-9(6)16-12(17)7-5-10(14)18-11(7)15/h2-5H,1H3,(H,16,17). The SMILES string of the molecule is Cc1c(Br)cccc1NC(=O)c1cc(Cl)sc1Cl. The van der Waals surface area contributed by atoms with Gasteiger partial charge in [0.2, 0.25) is 0 Å². The lowest BCUT2D eigenvalue weighted by Gasteiger charge is -2.08. The zero-order chi connectivity index (χ0) is 13.3. The van der Waals surface area contributed by atoms with Crippen molar-refractivity contribution in [1.29, 1.82) is 0 Å². The van der Waals surface area contributed by atoms with Crippen LogP contribution in [0.2, 0.25) is 8.67 Å². The molecule has 0 aliphatic heterocycles. The molecule has 1 heterocycles. The van der Waals surface area contributed by atoms with Crippen molar-refractivity contribution in [2.75, 3.05) is 5.32 Å². The first-order valence-corrected chi connectivity index (χ1v) is 7.37. The van der Waals surface area contributed by atoms with Crippen molar-refractivity contribution in [2.24, 2.45) is 0 Å². The van der Waals surface area contributed by atoms with Crippen LogP contribution in [0.15, 0.2) is 28.7 Å². The quantitative estimate of drug-likeness (QED) is 0.761. The van der Waals surface area contributed by atoms with Gasteiger partial charge in [-0.25, -0.2) is 0 Å². The number of anilines is 1. The molecule has 0 atom stereocenters. The molecule has 94 valence electrons. The van der Waals surface area contributed by atoms with Gasteiger partial charge in [-0.2, -0.15) is 0 Å². The van der Waals surface area contributed by atoms with Crippen molar-refractivity contribution in [2.45, 2.75) is 6.92 Å². The second-order valence-electron chi connectivity index (χ2n) is 3.60. The third kappa shape index (κ3) is 2.88. The summed E-state index contributed by atoms with van der Waals surface area (Å²) in [5.74, 6) is -0.260. The maximum absolute atomic E-state index is 12.0. The second-order valence-corrected chi connectivity index (χ2v) is 6.74. The number of halogens is 3. The molecule has 0 aliphatic carbocycles. The Kier molecular flexibility index (Phi) is 4.33. The van der Waals surface area contributed by atoms with Crippen LogP contribution in [-0.4, -0.2) is 5.91 Å². The van der Waals surface area contributed by atoms with E-state index < -0.39 is 0 Å². The van der Waals surface area contributed by atoms with Crippen LogP contribution < -0.4 is 5.32 Å². The smallest absolute Gasteiger partial charge is 0.258 e. The number of thiophene rings is 1. The normalized spacial score (nSPS) is 10.4. The lowest BCUT2D eigenvalue weighted by Crippen LogP contribution is -2.12. The molecule has 1 aromatic heterocycles.